The molecule has 0 saturated carbocycles. The van der Waals surface area contributed by atoms with Gasteiger partial charge in [-0.3, -0.25) is 4.79 Å². The van der Waals surface area contributed by atoms with Crippen molar-refractivity contribution in [1.82, 2.24) is 4.98 Å². The Bertz CT molecular complexity index is 710. The van der Waals surface area contributed by atoms with Crippen molar-refractivity contribution in [1.29, 1.82) is 0 Å². The van der Waals surface area contributed by atoms with Gasteiger partial charge in [0.05, 0.1) is 5.69 Å². The number of hydrogen-bond donors (Lipinski definition) is 1. The molecular weight excluding hydrogens is 283 g/mol. The lowest BCUT2D eigenvalue weighted by molar-refractivity contribution is -0.110. The molecule has 2 aromatic rings. The van der Waals surface area contributed by atoms with Crippen molar-refractivity contribution in [2.45, 2.75) is 0 Å². The Morgan fingerprint density at radius 1 is 1.16 bits per heavy atom. The highest BCUT2D eigenvalue weighted by atomic mass is 35.5. The molecule has 19 heavy (non-hydrogen) atoms. The molecule has 3 nitrogen and oxygen atoms in total. The average molecular weight is 291 g/mol. The van der Waals surface area contributed by atoms with Crippen molar-refractivity contribution in [3.63, 3.8) is 0 Å². The normalized spacial score (nSPS) is 15.5. The molecular formula is C14H8Cl2N2O. The fourth-order valence-corrected chi connectivity index (χ4v) is 2.34. The standard InChI is InChI=1S/C14H8Cl2N2O/c15-9-1-2-10-11(14(19)18-12(10)7-9)5-8-3-4-17-13(16)6-8/h1-7H,(H,18,19)/b11-5+. The van der Waals surface area contributed by atoms with Crippen LogP contribution in [0.2, 0.25) is 10.2 Å². The van der Waals surface area contributed by atoms with Gasteiger partial charge in [-0.15, -0.1) is 0 Å². The molecule has 1 amide bonds. The van der Waals surface area contributed by atoms with Crippen LogP contribution >= 0.6 is 23.2 Å². The average Bonchev–Trinajstić information content (AvgIpc) is 2.65. The lowest BCUT2D eigenvalue weighted by atomic mass is 10.0. The van der Waals surface area contributed by atoms with E-state index >= 15 is 0 Å². The van der Waals surface area contributed by atoms with Crippen LogP contribution in [0.5, 0.6) is 0 Å². The summed E-state index contributed by atoms with van der Waals surface area (Å²) in [5.74, 6) is -0.148. The van der Waals surface area contributed by atoms with E-state index in [1.165, 1.54) is 0 Å². The van der Waals surface area contributed by atoms with Gasteiger partial charge in [-0.05, 0) is 35.9 Å². The van der Waals surface area contributed by atoms with Gasteiger partial charge in [0.25, 0.3) is 5.91 Å². The third kappa shape index (κ3) is 2.35. The van der Waals surface area contributed by atoms with Crippen LogP contribution in [-0.2, 0) is 4.79 Å². The smallest absolute Gasteiger partial charge is 0.256 e. The summed E-state index contributed by atoms with van der Waals surface area (Å²) < 4.78 is 0. The molecule has 94 valence electrons. The van der Waals surface area contributed by atoms with Crippen molar-refractivity contribution in [2.75, 3.05) is 5.32 Å². The molecule has 1 aliphatic rings. The van der Waals surface area contributed by atoms with Crippen LogP contribution in [0.4, 0.5) is 5.69 Å². The van der Waals surface area contributed by atoms with Gasteiger partial charge < -0.3 is 5.32 Å². The minimum atomic E-state index is -0.148. The first-order valence-corrected chi connectivity index (χ1v) is 6.33. The number of amides is 1. The van der Waals surface area contributed by atoms with Gasteiger partial charge in [-0.1, -0.05) is 29.3 Å². The lowest BCUT2D eigenvalue weighted by Gasteiger charge is -1.99. The zero-order chi connectivity index (χ0) is 13.4. The van der Waals surface area contributed by atoms with Crippen molar-refractivity contribution in [3.8, 4) is 0 Å². The molecule has 0 aliphatic carbocycles. The first-order valence-electron chi connectivity index (χ1n) is 5.58. The molecule has 1 N–H and O–H groups in total. The van der Waals surface area contributed by atoms with E-state index in [4.69, 9.17) is 23.2 Å². The monoisotopic (exact) mass is 290 g/mol. The summed E-state index contributed by atoms with van der Waals surface area (Å²) >= 11 is 11.7. The summed E-state index contributed by atoms with van der Waals surface area (Å²) in [7, 11) is 0. The summed E-state index contributed by atoms with van der Waals surface area (Å²) in [6.45, 7) is 0. The number of fused-ring (bicyclic) bond motifs is 1. The molecule has 5 heteroatoms. The topological polar surface area (TPSA) is 42.0 Å². The second-order valence-corrected chi connectivity index (χ2v) is 4.94. The maximum atomic E-state index is 12.0. The van der Waals surface area contributed by atoms with Gasteiger partial charge in [-0.25, -0.2) is 4.98 Å². The van der Waals surface area contributed by atoms with Crippen LogP contribution in [0.15, 0.2) is 36.5 Å². The number of halogens is 2. The fourth-order valence-electron chi connectivity index (χ4n) is 1.98. The van der Waals surface area contributed by atoms with E-state index in [0.29, 0.717) is 15.7 Å². The van der Waals surface area contributed by atoms with E-state index in [0.717, 1.165) is 16.8 Å². The van der Waals surface area contributed by atoms with E-state index < -0.39 is 0 Å². The van der Waals surface area contributed by atoms with E-state index in [1.807, 2.05) is 6.07 Å². The van der Waals surface area contributed by atoms with Crippen LogP contribution in [0.1, 0.15) is 11.1 Å². The zero-order valence-electron chi connectivity index (χ0n) is 9.65. The Morgan fingerprint density at radius 3 is 2.79 bits per heavy atom. The van der Waals surface area contributed by atoms with Crippen LogP contribution in [0.25, 0.3) is 11.6 Å². The predicted molar refractivity (Wildman–Crippen MR) is 77.2 cm³/mol. The van der Waals surface area contributed by atoms with Crippen LogP contribution in [0, 0.1) is 0 Å². The minimum Gasteiger partial charge on any atom is -0.321 e. The molecule has 0 unspecified atom stereocenters. The van der Waals surface area contributed by atoms with Gasteiger partial charge in [0.2, 0.25) is 0 Å². The van der Waals surface area contributed by atoms with Gasteiger partial charge in [0.15, 0.2) is 0 Å². The first-order chi connectivity index (χ1) is 9.13. The minimum absolute atomic E-state index is 0.148. The van der Waals surface area contributed by atoms with Crippen molar-refractivity contribution in [2.24, 2.45) is 0 Å². The summed E-state index contributed by atoms with van der Waals surface area (Å²) in [4.78, 5) is 15.9. The lowest BCUT2D eigenvalue weighted by Crippen LogP contribution is -2.03. The summed E-state index contributed by atoms with van der Waals surface area (Å²) in [6.07, 6.45) is 3.38. The van der Waals surface area contributed by atoms with E-state index in [1.54, 1.807) is 36.5 Å². The molecule has 0 saturated heterocycles. The van der Waals surface area contributed by atoms with Crippen LogP contribution in [0.3, 0.4) is 0 Å². The highest BCUT2D eigenvalue weighted by Crippen LogP contribution is 2.34. The van der Waals surface area contributed by atoms with Gasteiger partial charge >= 0.3 is 0 Å². The summed E-state index contributed by atoms with van der Waals surface area (Å²) in [5, 5.41) is 3.77. The van der Waals surface area contributed by atoms with Gasteiger partial charge in [0.1, 0.15) is 5.15 Å². The Balaban J connectivity index is 2.09. The quantitative estimate of drug-likeness (QED) is 0.640. The van der Waals surface area contributed by atoms with Crippen molar-refractivity contribution >= 4 is 46.4 Å². The third-order valence-corrected chi connectivity index (χ3v) is 3.27. The van der Waals surface area contributed by atoms with Crippen molar-refractivity contribution in [3.05, 3.63) is 57.8 Å². The van der Waals surface area contributed by atoms with E-state index in [2.05, 4.69) is 10.3 Å². The molecule has 1 aromatic carbocycles. The zero-order valence-corrected chi connectivity index (χ0v) is 11.2. The molecule has 0 radical (unpaired) electrons. The first kappa shape index (κ1) is 12.2. The number of nitrogens with one attached hydrogen (secondary N) is 1. The molecule has 0 fully saturated rings. The highest BCUT2D eigenvalue weighted by Gasteiger charge is 2.23. The molecule has 3 rings (SSSR count). The number of rotatable bonds is 1. The summed E-state index contributed by atoms with van der Waals surface area (Å²) in [5.41, 5.74) is 2.98. The number of hydrogen-bond acceptors (Lipinski definition) is 2. The SMILES string of the molecule is O=C1Nc2cc(Cl)ccc2/C1=C\c1ccnc(Cl)c1. The molecule has 0 spiro atoms. The van der Waals surface area contributed by atoms with E-state index in [-0.39, 0.29) is 5.91 Å². The number of nitrogens with zero attached hydrogens (tertiary/aromatic N) is 1. The van der Waals surface area contributed by atoms with Crippen molar-refractivity contribution < 1.29 is 4.79 Å². The number of benzene rings is 1. The molecule has 2 heterocycles. The number of aromatic nitrogens is 1. The second-order valence-electron chi connectivity index (χ2n) is 4.11. The number of pyridine rings is 1. The molecule has 1 aliphatic heterocycles. The Hall–Kier alpha value is -1.84. The maximum absolute atomic E-state index is 12.0. The molecule has 1 aromatic heterocycles. The molecule has 0 atom stereocenters. The largest absolute Gasteiger partial charge is 0.321 e. The fraction of sp³-hybridized carbons (Fsp3) is 0. The highest BCUT2D eigenvalue weighted by molar-refractivity contribution is 6.36. The van der Waals surface area contributed by atoms with Crippen LogP contribution < -0.4 is 5.32 Å². The number of anilines is 1. The summed E-state index contributed by atoms with van der Waals surface area (Å²) in [6, 6.07) is 8.81. The van der Waals surface area contributed by atoms with Gasteiger partial charge in [-0.2, -0.15) is 0 Å². The Kier molecular flexibility index (Phi) is 3.01. The molecule has 0 bridgehead atoms. The maximum Gasteiger partial charge on any atom is 0.256 e. The second kappa shape index (κ2) is 4.68. The Morgan fingerprint density at radius 2 is 2.00 bits per heavy atom. The van der Waals surface area contributed by atoms with Crippen LogP contribution in [-0.4, -0.2) is 10.9 Å². The van der Waals surface area contributed by atoms with Gasteiger partial charge in [0, 0.05) is 22.4 Å². The van der Waals surface area contributed by atoms with E-state index in [9.17, 15) is 4.79 Å². The Labute approximate surface area is 119 Å². The number of carbonyl (C=O) groups is 1. The predicted octanol–water partition coefficient (Wildman–Crippen LogP) is 3.88. The third-order valence-electron chi connectivity index (χ3n) is 2.83. The number of carbonyl (C=O) groups excluding carboxylic acids is 1.